The van der Waals surface area contributed by atoms with Crippen LogP contribution in [0.3, 0.4) is 0 Å². The van der Waals surface area contributed by atoms with Gasteiger partial charge in [-0.2, -0.15) is 0 Å². The molecule has 0 spiro atoms. The Morgan fingerprint density at radius 1 is 1.29 bits per heavy atom. The molecule has 0 bridgehead atoms. The van der Waals surface area contributed by atoms with Crippen molar-refractivity contribution in [2.24, 2.45) is 0 Å². The summed E-state index contributed by atoms with van der Waals surface area (Å²) in [6, 6.07) is 6.95. The Hall–Kier alpha value is -1.97. The van der Waals surface area contributed by atoms with Crippen LogP contribution in [0.2, 0.25) is 0 Å². The van der Waals surface area contributed by atoms with Crippen LogP contribution in [-0.4, -0.2) is 17.7 Å². The first kappa shape index (κ1) is 8.62. The van der Waals surface area contributed by atoms with Gasteiger partial charge in [0, 0.05) is 6.08 Å². The van der Waals surface area contributed by atoms with Crippen LogP contribution in [0, 0.1) is 0 Å². The van der Waals surface area contributed by atoms with E-state index in [0.29, 0.717) is 11.5 Å². The molecular weight excluding hydrogens is 184 g/mol. The van der Waals surface area contributed by atoms with Crippen LogP contribution in [0.4, 0.5) is 0 Å². The topological polar surface area (TPSA) is 55.8 Å². The number of ether oxygens (including phenoxy) is 2. The first-order valence-corrected chi connectivity index (χ1v) is 4.10. The molecule has 0 aliphatic carbocycles. The second-order valence-corrected chi connectivity index (χ2v) is 2.73. The molecule has 1 heterocycles. The standard InChI is InChI=1S/C10H8O4/c11-10(12)9-5-6-13-7-3-1-2-4-8(7)14-9/h1-5H,6H2,(H,11,12). The Kier molecular flexibility index (Phi) is 2.10. The van der Waals surface area contributed by atoms with Gasteiger partial charge in [0.2, 0.25) is 5.76 Å². The number of rotatable bonds is 1. The predicted octanol–water partition coefficient (Wildman–Crippen LogP) is 1.43. The molecule has 1 aromatic rings. The maximum Gasteiger partial charge on any atom is 0.371 e. The minimum atomic E-state index is -1.09. The fourth-order valence-electron chi connectivity index (χ4n) is 1.15. The molecule has 1 aromatic carbocycles. The Morgan fingerprint density at radius 3 is 2.71 bits per heavy atom. The lowest BCUT2D eigenvalue weighted by Crippen LogP contribution is -2.07. The lowest BCUT2D eigenvalue weighted by molar-refractivity contribution is -0.135. The number of carboxylic acids is 1. The van der Waals surface area contributed by atoms with Crippen LogP contribution in [0.25, 0.3) is 0 Å². The number of hydrogen-bond donors (Lipinski definition) is 1. The number of para-hydroxylation sites is 2. The van der Waals surface area contributed by atoms with Gasteiger partial charge in [0.05, 0.1) is 0 Å². The predicted molar refractivity (Wildman–Crippen MR) is 48.3 cm³/mol. The van der Waals surface area contributed by atoms with Crippen molar-refractivity contribution < 1.29 is 19.4 Å². The Morgan fingerprint density at radius 2 is 2.00 bits per heavy atom. The third-order valence-electron chi connectivity index (χ3n) is 1.79. The van der Waals surface area contributed by atoms with E-state index in [0.717, 1.165) is 0 Å². The molecule has 1 aliphatic heterocycles. The minimum Gasteiger partial charge on any atom is -0.485 e. The van der Waals surface area contributed by atoms with Crippen LogP contribution in [-0.2, 0) is 4.79 Å². The van der Waals surface area contributed by atoms with E-state index in [2.05, 4.69) is 0 Å². The third-order valence-corrected chi connectivity index (χ3v) is 1.79. The quantitative estimate of drug-likeness (QED) is 0.731. The Balaban J connectivity index is 2.34. The van der Waals surface area contributed by atoms with E-state index in [9.17, 15) is 4.79 Å². The summed E-state index contributed by atoms with van der Waals surface area (Å²) in [5.41, 5.74) is 0. The van der Waals surface area contributed by atoms with Crippen LogP contribution in [0.1, 0.15) is 0 Å². The SMILES string of the molecule is O=C(O)C1=CCOc2ccccc2O1. The Bertz CT molecular complexity index is 395. The van der Waals surface area contributed by atoms with Crippen molar-refractivity contribution in [3.8, 4) is 11.5 Å². The number of carboxylic acid groups (broad SMARTS) is 1. The van der Waals surface area contributed by atoms with E-state index in [4.69, 9.17) is 14.6 Å². The smallest absolute Gasteiger partial charge is 0.371 e. The zero-order valence-electron chi connectivity index (χ0n) is 7.27. The second kappa shape index (κ2) is 3.41. The average Bonchev–Trinajstić information content (AvgIpc) is 2.39. The summed E-state index contributed by atoms with van der Waals surface area (Å²) in [5, 5.41) is 8.74. The molecule has 0 amide bonds. The fourth-order valence-corrected chi connectivity index (χ4v) is 1.15. The van der Waals surface area contributed by atoms with Gasteiger partial charge in [0.25, 0.3) is 0 Å². The van der Waals surface area contributed by atoms with Gasteiger partial charge in [-0.15, -0.1) is 0 Å². The summed E-state index contributed by atoms with van der Waals surface area (Å²) in [4.78, 5) is 10.7. The van der Waals surface area contributed by atoms with E-state index in [-0.39, 0.29) is 12.4 Å². The van der Waals surface area contributed by atoms with Gasteiger partial charge in [0.15, 0.2) is 11.5 Å². The van der Waals surface area contributed by atoms with E-state index >= 15 is 0 Å². The van der Waals surface area contributed by atoms with Gasteiger partial charge in [-0.3, -0.25) is 0 Å². The van der Waals surface area contributed by atoms with Crippen molar-refractivity contribution >= 4 is 5.97 Å². The monoisotopic (exact) mass is 192 g/mol. The van der Waals surface area contributed by atoms with Gasteiger partial charge in [-0.1, -0.05) is 12.1 Å². The zero-order valence-corrected chi connectivity index (χ0v) is 7.27. The molecule has 1 N–H and O–H groups in total. The van der Waals surface area contributed by atoms with Gasteiger partial charge in [0.1, 0.15) is 6.61 Å². The molecule has 2 rings (SSSR count). The molecule has 0 fully saturated rings. The molecular formula is C10H8O4. The van der Waals surface area contributed by atoms with Crippen LogP contribution < -0.4 is 9.47 Å². The highest BCUT2D eigenvalue weighted by Gasteiger charge is 2.15. The van der Waals surface area contributed by atoms with Crippen LogP contribution >= 0.6 is 0 Å². The lowest BCUT2D eigenvalue weighted by Gasteiger charge is -2.06. The number of aliphatic carboxylic acids is 1. The first-order valence-electron chi connectivity index (χ1n) is 4.10. The summed E-state index contributed by atoms with van der Waals surface area (Å²) in [6.07, 6.45) is 1.39. The molecule has 4 nitrogen and oxygen atoms in total. The van der Waals surface area contributed by atoms with Crippen molar-refractivity contribution in [2.45, 2.75) is 0 Å². The molecule has 72 valence electrons. The molecule has 0 atom stereocenters. The third kappa shape index (κ3) is 1.54. The summed E-state index contributed by atoms with van der Waals surface area (Å²) in [7, 11) is 0. The van der Waals surface area contributed by atoms with Gasteiger partial charge in [-0.25, -0.2) is 4.79 Å². The molecule has 0 unspecified atom stereocenters. The van der Waals surface area contributed by atoms with Crippen molar-refractivity contribution in [1.82, 2.24) is 0 Å². The molecule has 4 heteroatoms. The van der Waals surface area contributed by atoms with E-state index in [1.165, 1.54) is 6.08 Å². The Labute approximate surface area is 80.4 Å². The highest BCUT2D eigenvalue weighted by Crippen LogP contribution is 2.29. The number of benzene rings is 1. The molecule has 14 heavy (non-hydrogen) atoms. The second-order valence-electron chi connectivity index (χ2n) is 2.73. The number of carbonyl (C=O) groups is 1. The largest absolute Gasteiger partial charge is 0.485 e. The first-order chi connectivity index (χ1) is 6.77. The average molecular weight is 192 g/mol. The van der Waals surface area contributed by atoms with Gasteiger partial charge in [-0.05, 0) is 12.1 Å². The highest BCUT2D eigenvalue weighted by atomic mass is 16.5. The van der Waals surface area contributed by atoms with Crippen LogP contribution in [0.15, 0.2) is 36.1 Å². The molecule has 0 saturated carbocycles. The number of fused-ring (bicyclic) bond motifs is 1. The summed E-state index contributed by atoms with van der Waals surface area (Å²) < 4.78 is 10.4. The van der Waals surface area contributed by atoms with Crippen molar-refractivity contribution in [3.05, 3.63) is 36.1 Å². The van der Waals surface area contributed by atoms with Gasteiger partial charge < -0.3 is 14.6 Å². The summed E-state index contributed by atoms with van der Waals surface area (Å²) >= 11 is 0. The highest BCUT2D eigenvalue weighted by molar-refractivity contribution is 5.85. The van der Waals surface area contributed by atoms with Crippen molar-refractivity contribution in [3.63, 3.8) is 0 Å². The van der Waals surface area contributed by atoms with Crippen molar-refractivity contribution in [1.29, 1.82) is 0 Å². The van der Waals surface area contributed by atoms with E-state index < -0.39 is 5.97 Å². The van der Waals surface area contributed by atoms with E-state index in [1.54, 1.807) is 24.3 Å². The summed E-state index contributed by atoms with van der Waals surface area (Å²) in [6.45, 7) is 0.207. The van der Waals surface area contributed by atoms with Gasteiger partial charge >= 0.3 is 5.97 Å². The maximum absolute atomic E-state index is 10.7. The van der Waals surface area contributed by atoms with E-state index in [1.807, 2.05) is 0 Å². The normalized spacial score (nSPS) is 14.1. The molecule has 1 aliphatic rings. The van der Waals surface area contributed by atoms with Crippen molar-refractivity contribution in [2.75, 3.05) is 6.61 Å². The molecule has 0 radical (unpaired) electrons. The molecule has 0 saturated heterocycles. The fraction of sp³-hybridized carbons (Fsp3) is 0.100. The zero-order chi connectivity index (χ0) is 9.97. The maximum atomic E-state index is 10.7. The number of hydrogen-bond acceptors (Lipinski definition) is 3. The molecule has 0 aromatic heterocycles. The lowest BCUT2D eigenvalue weighted by atomic mass is 10.3. The minimum absolute atomic E-state index is 0.102. The summed E-state index contributed by atoms with van der Waals surface area (Å²) in [5.74, 6) is -0.209. The van der Waals surface area contributed by atoms with Crippen LogP contribution in [0.5, 0.6) is 11.5 Å².